The molecule has 0 aromatic heterocycles. The van der Waals surface area contributed by atoms with Gasteiger partial charge >= 0.3 is 6.09 Å². The monoisotopic (exact) mass is 261 g/mol. The minimum Gasteiger partial charge on any atom is -0.441 e. The maximum atomic E-state index is 10.4. The van der Waals surface area contributed by atoms with Gasteiger partial charge in [0.2, 0.25) is 0 Å². The van der Waals surface area contributed by atoms with Crippen LogP contribution in [0.1, 0.15) is 0 Å². The van der Waals surface area contributed by atoms with Gasteiger partial charge in [0, 0.05) is 0 Å². The van der Waals surface area contributed by atoms with Crippen LogP contribution in [-0.2, 0) is 4.74 Å². The topological polar surface area (TPSA) is 78.8 Å². The number of rotatable bonds is 3. The lowest BCUT2D eigenvalue weighted by atomic mass is 10.4. The number of aliphatic hydroxyl groups is 2. The van der Waals surface area contributed by atoms with E-state index in [1.54, 1.807) is 22.9 Å². The molecule has 0 atom stereocenters. The number of amides is 1. The molecule has 0 aliphatic carbocycles. The summed E-state index contributed by atoms with van der Waals surface area (Å²) in [6.07, 6.45) is -1.50. The molecule has 3 N–H and O–H groups in total. The molecule has 0 bridgehead atoms. The number of ether oxygens (including phenoxy) is 1. The third-order valence-corrected chi connectivity index (χ3v) is 1.20. The largest absolute Gasteiger partial charge is 0.441 e. The van der Waals surface area contributed by atoms with E-state index in [0.717, 1.165) is 0 Å². The van der Waals surface area contributed by atoms with Crippen LogP contribution in [0.4, 0.5) is 4.79 Å². The van der Waals surface area contributed by atoms with E-state index >= 15 is 0 Å². The van der Waals surface area contributed by atoms with Crippen LogP contribution < -0.4 is 3.53 Å². The molecule has 0 saturated carbocycles. The van der Waals surface area contributed by atoms with Crippen LogP contribution in [0.3, 0.4) is 0 Å². The van der Waals surface area contributed by atoms with Gasteiger partial charge in [0.15, 0.2) is 0 Å². The van der Waals surface area contributed by atoms with Crippen molar-refractivity contribution in [3.8, 4) is 0 Å². The third kappa shape index (κ3) is 3.85. The Morgan fingerprint density at radius 3 is 2.40 bits per heavy atom. The standard InChI is InChI=1S/C4H8INO4/c5-6-4(9)10-3(1-7)2-8/h3,7-8H,1-2H2,(H,6,9). The number of hydrogen-bond donors (Lipinski definition) is 3. The summed E-state index contributed by atoms with van der Waals surface area (Å²) in [6.45, 7) is -0.749. The van der Waals surface area contributed by atoms with Crippen LogP contribution in [0.5, 0.6) is 0 Å². The molecule has 0 unspecified atom stereocenters. The molecule has 0 rings (SSSR count). The molecule has 0 aliphatic heterocycles. The van der Waals surface area contributed by atoms with E-state index < -0.39 is 12.2 Å². The first kappa shape index (κ1) is 9.92. The minimum absolute atomic E-state index is 0.374. The second-order valence-corrected chi connectivity index (χ2v) is 2.03. The fraction of sp³-hybridized carbons (Fsp3) is 0.750. The number of halogens is 1. The van der Waals surface area contributed by atoms with Crippen molar-refractivity contribution < 1.29 is 19.7 Å². The summed E-state index contributed by atoms with van der Waals surface area (Å²) < 4.78 is 6.59. The molecule has 0 aromatic carbocycles. The maximum Gasteiger partial charge on any atom is 0.416 e. The summed E-state index contributed by atoms with van der Waals surface area (Å²) in [7, 11) is 0. The molecule has 0 spiro atoms. The van der Waals surface area contributed by atoms with Gasteiger partial charge in [-0.25, -0.2) is 4.79 Å². The molecule has 10 heavy (non-hydrogen) atoms. The average Bonchev–Trinajstić information content (AvgIpc) is 1.99. The molecule has 60 valence electrons. The van der Waals surface area contributed by atoms with Gasteiger partial charge in [-0.05, 0) is 0 Å². The van der Waals surface area contributed by atoms with Crippen LogP contribution in [0.2, 0.25) is 0 Å². The van der Waals surface area contributed by atoms with Crippen LogP contribution in [-0.4, -0.2) is 35.6 Å². The molecule has 0 fully saturated rings. The Balaban J connectivity index is 3.52. The molecule has 0 aromatic rings. The molecule has 0 radical (unpaired) electrons. The van der Waals surface area contributed by atoms with Gasteiger partial charge in [-0.2, -0.15) is 0 Å². The lowest BCUT2D eigenvalue weighted by molar-refractivity contribution is 0.0257. The molecule has 0 heterocycles. The van der Waals surface area contributed by atoms with E-state index in [0.29, 0.717) is 0 Å². The molecular weight excluding hydrogens is 253 g/mol. The highest BCUT2D eigenvalue weighted by molar-refractivity contribution is 14.1. The fourth-order valence-electron chi connectivity index (χ4n) is 0.306. The smallest absolute Gasteiger partial charge is 0.416 e. The summed E-state index contributed by atoms with van der Waals surface area (Å²) in [6, 6.07) is 0. The van der Waals surface area contributed by atoms with Crippen LogP contribution in [0, 0.1) is 0 Å². The Morgan fingerprint density at radius 1 is 1.60 bits per heavy atom. The number of carbonyl (C=O) groups is 1. The summed E-state index contributed by atoms with van der Waals surface area (Å²) in [5.74, 6) is 0. The number of hydrogen-bond acceptors (Lipinski definition) is 4. The summed E-state index contributed by atoms with van der Waals surface area (Å²) >= 11 is 1.59. The number of aliphatic hydroxyl groups excluding tert-OH is 2. The number of nitrogens with one attached hydrogen (secondary N) is 1. The van der Waals surface area contributed by atoms with E-state index in [9.17, 15) is 4.79 Å². The van der Waals surface area contributed by atoms with Crippen molar-refractivity contribution >= 4 is 29.0 Å². The van der Waals surface area contributed by atoms with Crippen molar-refractivity contribution in [3.63, 3.8) is 0 Å². The number of carbonyl (C=O) groups excluding carboxylic acids is 1. The van der Waals surface area contributed by atoms with Crippen molar-refractivity contribution in [1.82, 2.24) is 3.53 Å². The highest BCUT2D eigenvalue weighted by Gasteiger charge is 2.09. The molecule has 0 aliphatic rings. The molecule has 6 heteroatoms. The molecular formula is C4H8INO4. The summed E-state index contributed by atoms with van der Waals surface area (Å²) in [5.41, 5.74) is 0. The van der Waals surface area contributed by atoms with Crippen LogP contribution >= 0.6 is 22.9 Å². The lowest BCUT2D eigenvalue weighted by Gasteiger charge is -2.10. The van der Waals surface area contributed by atoms with Crippen molar-refractivity contribution in [3.05, 3.63) is 0 Å². The normalized spacial score (nSPS) is 9.60. The van der Waals surface area contributed by atoms with Gasteiger partial charge in [0.1, 0.15) is 6.10 Å². The first-order valence-electron chi connectivity index (χ1n) is 2.53. The Labute approximate surface area is 71.9 Å². The van der Waals surface area contributed by atoms with Crippen molar-refractivity contribution in [1.29, 1.82) is 0 Å². The van der Waals surface area contributed by atoms with E-state index in [1.807, 2.05) is 0 Å². The van der Waals surface area contributed by atoms with Crippen molar-refractivity contribution in [2.24, 2.45) is 0 Å². The minimum atomic E-state index is -0.824. The third-order valence-electron chi connectivity index (χ3n) is 0.758. The Kier molecular flexibility index (Phi) is 5.64. The van der Waals surface area contributed by atoms with Gasteiger partial charge in [0.25, 0.3) is 0 Å². The van der Waals surface area contributed by atoms with Crippen molar-refractivity contribution in [2.45, 2.75) is 6.10 Å². The van der Waals surface area contributed by atoms with Gasteiger partial charge < -0.3 is 14.9 Å². The highest BCUT2D eigenvalue weighted by Crippen LogP contribution is 1.90. The highest BCUT2D eigenvalue weighted by atomic mass is 127. The summed E-state index contributed by atoms with van der Waals surface area (Å²) in [5, 5.41) is 16.8. The first-order chi connectivity index (χ1) is 4.74. The van der Waals surface area contributed by atoms with Gasteiger partial charge in [-0.1, -0.05) is 0 Å². The first-order valence-corrected chi connectivity index (χ1v) is 3.61. The second kappa shape index (κ2) is 5.69. The van der Waals surface area contributed by atoms with Gasteiger partial charge in [0.05, 0.1) is 36.1 Å². The zero-order valence-electron chi connectivity index (χ0n) is 5.08. The Bertz CT molecular complexity index is 105. The lowest BCUT2D eigenvalue weighted by Crippen LogP contribution is -2.28. The second-order valence-electron chi connectivity index (χ2n) is 1.49. The Hall–Kier alpha value is -0.0800. The maximum absolute atomic E-state index is 10.4. The van der Waals surface area contributed by atoms with Gasteiger partial charge in [-0.3, -0.25) is 3.53 Å². The fourth-order valence-corrected chi connectivity index (χ4v) is 0.433. The molecule has 5 nitrogen and oxygen atoms in total. The van der Waals surface area contributed by atoms with E-state index in [1.165, 1.54) is 0 Å². The Morgan fingerprint density at radius 2 is 2.10 bits per heavy atom. The van der Waals surface area contributed by atoms with Crippen LogP contribution in [0.15, 0.2) is 0 Å². The zero-order chi connectivity index (χ0) is 7.98. The van der Waals surface area contributed by atoms with Crippen LogP contribution in [0.25, 0.3) is 0 Å². The van der Waals surface area contributed by atoms with Crippen molar-refractivity contribution in [2.75, 3.05) is 13.2 Å². The molecule has 0 saturated heterocycles. The van der Waals surface area contributed by atoms with E-state index in [2.05, 4.69) is 8.27 Å². The molecule has 1 amide bonds. The van der Waals surface area contributed by atoms with E-state index in [4.69, 9.17) is 10.2 Å². The zero-order valence-corrected chi connectivity index (χ0v) is 7.24. The average molecular weight is 261 g/mol. The predicted octanol–water partition coefficient (Wildman–Crippen LogP) is -0.584. The quantitative estimate of drug-likeness (QED) is 0.469. The SMILES string of the molecule is O=C(NI)OC(CO)CO. The van der Waals surface area contributed by atoms with E-state index in [-0.39, 0.29) is 13.2 Å². The summed E-state index contributed by atoms with van der Waals surface area (Å²) in [4.78, 5) is 10.4. The predicted molar refractivity (Wildman–Crippen MR) is 41.6 cm³/mol. The van der Waals surface area contributed by atoms with Gasteiger partial charge in [-0.15, -0.1) is 0 Å².